The Balaban J connectivity index is 1.61. The second-order valence-electron chi connectivity index (χ2n) is 7.21. The molecule has 0 unspecified atom stereocenters. The van der Waals surface area contributed by atoms with Crippen LogP contribution in [0.4, 0.5) is 5.69 Å². The second kappa shape index (κ2) is 7.78. The molecule has 1 aromatic heterocycles. The third-order valence-electron chi connectivity index (χ3n) is 5.24. The van der Waals surface area contributed by atoms with E-state index in [-0.39, 0.29) is 17.9 Å². The zero-order chi connectivity index (χ0) is 18.6. The maximum Gasteiger partial charge on any atom is 0.256 e. The first kappa shape index (κ1) is 17.5. The van der Waals surface area contributed by atoms with Gasteiger partial charge in [0.2, 0.25) is 5.91 Å². The van der Waals surface area contributed by atoms with E-state index in [0.717, 1.165) is 37.1 Å². The van der Waals surface area contributed by atoms with Crippen LogP contribution in [0, 0.1) is 0 Å². The predicted octanol–water partition coefficient (Wildman–Crippen LogP) is 2.36. The number of fused-ring (bicyclic) bond motifs is 1. The fraction of sp³-hybridized carbons (Fsp3) is 0.381. The fourth-order valence-electron chi connectivity index (χ4n) is 3.87. The lowest BCUT2D eigenvalue weighted by Gasteiger charge is -2.28. The van der Waals surface area contributed by atoms with Crippen LogP contribution in [0.15, 0.2) is 42.7 Å². The van der Waals surface area contributed by atoms with Gasteiger partial charge in [-0.3, -0.25) is 14.6 Å². The molecule has 3 heterocycles. The Morgan fingerprint density at radius 1 is 1.19 bits per heavy atom. The average molecular weight is 364 g/mol. The molecule has 0 radical (unpaired) electrons. The number of nitrogens with zero attached hydrogens (tertiary/aromatic N) is 2. The number of carbonyl (C=O) groups excluding carboxylic acids is 2. The van der Waals surface area contributed by atoms with Crippen LogP contribution < -0.4 is 10.6 Å². The standard InChI is InChI=1S/C21H24N4O2/c26-19-7-6-17(24-19)14-25(13-15-8-11-22-12-9-15)21(27)18-5-1-3-16-4-2-10-23-20(16)18/h1,3,5,8-9,11-12,17,23H,2,4,6-7,10,13-14H2,(H,24,26)/t17-/m0/s1. The van der Waals surface area contributed by atoms with Crippen molar-refractivity contribution < 1.29 is 9.59 Å². The van der Waals surface area contributed by atoms with Gasteiger partial charge in [0.15, 0.2) is 0 Å². The lowest BCUT2D eigenvalue weighted by Crippen LogP contribution is -2.42. The number of anilines is 1. The molecule has 2 aliphatic rings. The van der Waals surface area contributed by atoms with Crippen LogP contribution in [-0.4, -0.2) is 40.8 Å². The number of aromatic nitrogens is 1. The van der Waals surface area contributed by atoms with Crippen molar-refractivity contribution in [3.05, 3.63) is 59.4 Å². The number of benzene rings is 1. The first-order valence-electron chi connectivity index (χ1n) is 9.54. The number of nitrogens with one attached hydrogen (secondary N) is 2. The minimum atomic E-state index is -0.000730. The first-order chi connectivity index (χ1) is 13.2. The molecule has 2 amide bonds. The molecule has 1 atom stereocenters. The normalized spacial score (nSPS) is 18.4. The van der Waals surface area contributed by atoms with E-state index < -0.39 is 0 Å². The van der Waals surface area contributed by atoms with E-state index in [0.29, 0.717) is 25.1 Å². The molecule has 2 N–H and O–H groups in total. The average Bonchev–Trinajstić information content (AvgIpc) is 3.12. The molecule has 140 valence electrons. The van der Waals surface area contributed by atoms with Gasteiger partial charge in [0.25, 0.3) is 5.91 Å². The van der Waals surface area contributed by atoms with Crippen LogP contribution in [-0.2, 0) is 17.8 Å². The summed E-state index contributed by atoms with van der Waals surface area (Å²) in [5, 5.41) is 6.38. The maximum absolute atomic E-state index is 13.4. The van der Waals surface area contributed by atoms with E-state index in [1.807, 2.05) is 29.2 Å². The Morgan fingerprint density at radius 3 is 2.81 bits per heavy atom. The molecule has 27 heavy (non-hydrogen) atoms. The third-order valence-corrected chi connectivity index (χ3v) is 5.24. The number of pyridine rings is 1. The van der Waals surface area contributed by atoms with Crippen molar-refractivity contribution in [3.8, 4) is 0 Å². The van der Waals surface area contributed by atoms with Crippen molar-refractivity contribution in [1.82, 2.24) is 15.2 Å². The molecule has 6 nitrogen and oxygen atoms in total. The first-order valence-corrected chi connectivity index (χ1v) is 9.54. The minimum Gasteiger partial charge on any atom is -0.384 e. The number of hydrogen-bond acceptors (Lipinski definition) is 4. The predicted molar refractivity (Wildman–Crippen MR) is 103 cm³/mol. The summed E-state index contributed by atoms with van der Waals surface area (Å²) in [7, 11) is 0. The van der Waals surface area contributed by atoms with Crippen LogP contribution in [0.25, 0.3) is 0 Å². The molecular formula is C21H24N4O2. The van der Waals surface area contributed by atoms with E-state index in [4.69, 9.17) is 0 Å². The summed E-state index contributed by atoms with van der Waals surface area (Å²) in [5.41, 5.74) is 3.90. The topological polar surface area (TPSA) is 74.3 Å². The van der Waals surface area contributed by atoms with Gasteiger partial charge in [-0.05, 0) is 48.6 Å². The van der Waals surface area contributed by atoms with Crippen molar-refractivity contribution in [1.29, 1.82) is 0 Å². The Bertz CT molecular complexity index is 837. The highest BCUT2D eigenvalue weighted by Crippen LogP contribution is 2.28. The molecule has 6 heteroatoms. The Kier molecular flexibility index (Phi) is 5.05. The molecule has 2 aliphatic heterocycles. The highest BCUT2D eigenvalue weighted by atomic mass is 16.2. The Morgan fingerprint density at radius 2 is 2.04 bits per heavy atom. The quantitative estimate of drug-likeness (QED) is 0.854. The van der Waals surface area contributed by atoms with Gasteiger partial charge in [-0.25, -0.2) is 0 Å². The summed E-state index contributed by atoms with van der Waals surface area (Å²) in [6, 6.07) is 9.80. The molecular weight excluding hydrogens is 340 g/mol. The van der Waals surface area contributed by atoms with E-state index in [9.17, 15) is 9.59 Å². The van der Waals surface area contributed by atoms with Gasteiger partial charge >= 0.3 is 0 Å². The summed E-state index contributed by atoms with van der Waals surface area (Å²) in [4.78, 5) is 30.9. The van der Waals surface area contributed by atoms with Gasteiger partial charge < -0.3 is 15.5 Å². The summed E-state index contributed by atoms with van der Waals surface area (Å²) < 4.78 is 0. The molecule has 1 saturated heterocycles. The van der Waals surface area contributed by atoms with Crippen LogP contribution in [0.1, 0.15) is 40.7 Å². The molecule has 1 aromatic carbocycles. The third kappa shape index (κ3) is 3.94. The summed E-state index contributed by atoms with van der Waals surface area (Å²) >= 11 is 0. The molecule has 0 saturated carbocycles. The smallest absolute Gasteiger partial charge is 0.256 e. The molecule has 0 spiro atoms. The highest BCUT2D eigenvalue weighted by molar-refractivity contribution is 6.00. The van der Waals surface area contributed by atoms with E-state index in [1.54, 1.807) is 12.4 Å². The monoisotopic (exact) mass is 364 g/mol. The number of para-hydroxylation sites is 1. The molecule has 1 fully saturated rings. The number of aryl methyl sites for hydroxylation is 1. The number of hydrogen-bond donors (Lipinski definition) is 2. The number of amides is 2. The zero-order valence-corrected chi connectivity index (χ0v) is 15.3. The summed E-state index contributed by atoms with van der Waals surface area (Å²) in [5.74, 6) is 0.0641. The van der Waals surface area contributed by atoms with Gasteiger partial charge in [0.05, 0.1) is 11.3 Å². The SMILES string of the molecule is O=C1CC[C@@H](CN(Cc2ccncc2)C(=O)c2cccc3c2NCCC3)N1. The lowest BCUT2D eigenvalue weighted by molar-refractivity contribution is -0.119. The van der Waals surface area contributed by atoms with Crippen molar-refractivity contribution in [2.45, 2.75) is 38.3 Å². The Hall–Kier alpha value is -2.89. The van der Waals surface area contributed by atoms with Crippen LogP contribution in [0.3, 0.4) is 0 Å². The zero-order valence-electron chi connectivity index (χ0n) is 15.3. The highest BCUT2D eigenvalue weighted by Gasteiger charge is 2.28. The van der Waals surface area contributed by atoms with Crippen LogP contribution in [0.5, 0.6) is 0 Å². The van der Waals surface area contributed by atoms with Crippen molar-refractivity contribution in [2.75, 3.05) is 18.4 Å². The summed E-state index contributed by atoms with van der Waals surface area (Å²) in [6.45, 7) is 1.90. The number of carbonyl (C=O) groups is 2. The van der Waals surface area contributed by atoms with Crippen LogP contribution >= 0.6 is 0 Å². The maximum atomic E-state index is 13.4. The van der Waals surface area contributed by atoms with E-state index in [1.165, 1.54) is 5.56 Å². The van der Waals surface area contributed by atoms with Crippen molar-refractivity contribution in [2.24, 2.45) is 0 Å². The fourth-order valence-corrected chi connectivity index (χ4v) is 3.87. The van der Waals surface area contributed by atoms with Gasteiger partial charge in [-0.2, -0.15) is 0 Å². The number of rotatable bonds is 5. The Labute approximate surface area is 159 Å². The van der Waals surface area contributed by atoms with Gasteiger partial charge in [-0.15, -0.1) is 0 Å². The largest absolute Gasteiger partial charge is 0.384 e. The van der Waals surface area contributed by atoms with Gasteiger partial charge in [-0.1, -0.05) is 12.1 Å². The molecule has 0 bridgehead atoms. The molecule has 0 aliphatic carbocycles. The van der Waals surface area contributed by atoms with Gasteiger partial charge in [0.1, 0.15) is 0 Å². The van der Waals surface area contributed by atoms with Gasteiger partial charge in [0, 0.05) is 44.5 Å². The lowest BCUT2D eigenvalue weighted by atomic mass is 9.98. The van der Waals surface area contributed by atoms with Crippen molar-refractivity contribution in [3.63, 3.8) is 0 Å². The summed E-state index contributed by atoms with van der Waals surface area (Å²) in [6.07, 6.45) is 6.85. The second-order valence-corrected chi connectivity index (χ2v) is 7.21. The molecule has 4 rings (SSSR count). The van der Waals surface area contributed by atoms with Crippen molar-refractivity contribution >= 4 is 17.5 Å². The molecule has 2 aromatic rings. The minimum absolute atomic E-state index is 0.000730. The van der Waals surface area contributed by atoms with E-state index in [2.05, 4.69) is 21.7 Å². The van der Waals surface area contributed by atoms with Crippen LogP contribution in [0.2, 0.25) is 0 Å². The van der Waals surface area contributed by atoms with E-state index >= 15 is 0 Å².